The molecule has 0 heterocycles. The molecule has 0 aliphatic carbocycles. The molecule has 23 heavy (non-hydrogen) atoms. The Morgan fingerprint density at radius 2 is 1.91 bits per heavy atom. The molecule has 0 saturated carbocycles. The van der Waals surface area contributed by atoms with Gasteiger partial charge < -0.3 is 19.9 Å². The smallest absolute Gasteiger partial charge is 0.416 e. The van der Waals surface area contributed by atoms with Gasteiger partial charge in [-0.15, -0.1) is 0 Å². The van der Waals surface area contributed by atoms with E-state index in [2.05, 4.69) is 5.32 Å². The van der Waals surface area contributed by atoms with E-state index in [1.807, 2.05) is 0 Å². The van der Waals surface area contributed by atoms with Gasteiger partial charge in [0.2, 0.25) is 0 Å². The number of rotatable bonds is 4. The van der Waals surface area contributed by atoms with Crippen LogP contribution in [0.15, 0.2) is 18.2 Å². The van der Waals surface area contributed by atoms with Gasteiger partial charge >= 0.3 is 12.3 Å². The van der Waals surface area contributed by atoms with E-state index in [0.717, 1.165) is 18.2 Å². The van der Waals surface area contributed by atoms with Gasteiger partial charge in [-0.3, -0.25) is 0 Å². The normalized spacial score (nSPS) is 13.4. The maximum Gasteiger partial charge on any atom is 0.416 e. The second-order valence-corrected chi connectivity index (χ2v) is 5.85. The first-order valence-corrected chi connectivity index (χ1v) is 6.84. The van der Waals surface area contributed by atoms with Gasteiger partial charge in [-0.25, -0.2) is 4.79 Å². The monoisotopic (exact) mass is 335 g/mol. The van der Waals surface area contributed by atoms with E-state index in [4.69, 9.17) is 9.47 Å². The molecule has 1 rings (SSSR count). The largest absolute Gasteiger partial charge is 0.496 e. The number of alkyl halides is 3. The van der Waals surface area contributed by atoms with Crippen molar-refractivity contribution >= 4 is 6.09 Å². The quantitative estimate of drug-likeness (QED) is 0.886. The topological polar surface area (TPSA) is 67.8 Å². The summed E-state index contributed by atoms with van der Waals surface area (Å²) in [7, 11) is 1.20. The molecule has 130 valence electrons. The third-order valence-electron chi connectivity index (χ3n) is 2.76. The average molecular weight is 335 g/mol. The molecule has 1 aromatic rings. The van der Waals surface area contributed by atoms with Crippen molar-refractivity contribution in [3.8, 4) is 5.75 Å². The van der Waals surface area contributed by atoms with Crippen LogP contribution in [0.25, 0.3) is 0 Å². The van der Waals surface area contributed by atoms with Gasteiger partial charge in [0.25, 0.3) is 0 Å². The fraction of sp³-hybridized carbons (Fsp3) is 0.533. The summed E-state index contributed by atoms with van der Waals surface area (Å²) in [6, 6.07) is 2.75. The minimum atomic E-state index is -4.51. The maximum absolute atomic E-state index is 12.7. The fourth-order valence-electron chi connectivity index (χ4n) is 1.77. The lowest BCUT2D eigenvalue weighted by molar-refractivity contribution is -0.137. The Labute approximate surface area is 132 Å². The van der Waals surface area contributed by atoms with Gasteiger partial charge in [-0.2, -0.15) is 13.2 Å². The summed E-state index contributed by atoms with van der Waals surface area (Å²) >= 11 is 0. The molecule has 0 fully saturated rings. The second kappa shape index (κ2) is 7.08. The molecule has 2 N–H and O–H groups in total. The van der Waals surface area contributed by atoms with E-state index < -0.39 is 29.5 Å². The third kappa shape index (κ3) is 5.97. The Kier molecular flexibility index (Phi) is 5.87. The van der Waals surface area contributed by atoms with E-state index in [9.17, 15) is 23.1 Å². The number of aliphatic hydroxyl groups is 1. The minimum Gasteiger partial charge on any atom is -0.496 e. The number of hydrogen-bond donors (Lipinski definition) is 2. The van der Waals surface area contributed by atoms with Gasteiger partial charge in [-0.05, 0) is 32.9 Å². The van der Waals surface area contributed by atoms with Gasteiger partial charge in [0, 0.05) is 5.56 Å². The highest BCUT2D eigenvalue weighted by molar-refractivity contribution is 5.67. The van der Waals surface area contributed by atoms with Crippen LogP contribution in [0.3, 0.4) is 0 Å². The van der Waals surface area contributed by atoms with Crippen molar-refractivity contribution in [3.05, 3.63) is 29.3 Å². The average Bonchev–Trinajstić information content (AvgIpc) is 2.41. The van der Waals surface area contributed by atoms with Crippen LogP contribution in [0.4, 0.5) is 18.0 Å². The van der Waals surface area contributed by atoms with Crippen LogP contribution in [0, 0.1) is 0 Å². The van der Waals surface area contributed by atoms with Crippen LogP contribution >= 0.6 is 0 Å². The highest BCUT2D eigenvalue weighted by Crippen LogP contribution is 2.34. The summed E-state index contributed by atoms with van der Waals surface area (Å²) in [6.07, 6.45) is -6.48. The van der Waals surface area contributed by atoms with Crippen molar-refractivity contribution in [3.63, 3.8) is 0 Å². The van der Waals surface area contributed by atoms with Crippen LogP contribution in [0.5, 0.6) is 5.75 Å². The molecule has 0 bridgehead atoms. The first-order chi connectivity index (χ1) is 10.4. The minimum absolute atomic E-state index is 0.113. The van der Waals surface area contributed by atoms with E-state index in [-0.39, 0.29) is 17.9 Å². The summed E-state index contributed by atoms with van der Waals surface area (Å²) in [5.74, 6) is -0.113. The fourth-order valence-corrected chi connectivity index (χ4v) is 1.77. The molecular weight excluding hydrogens is 315 g/mol. The number of benzene rings is 1. The number of methoxy groups -OCH3 is 1. The zero-order valence-electron chi connectivity index (χ0n) is 13.3. The highest BCUT2D eigenvalue weighted by atomic mass is 19.4. The second-order valence-electron chi connectivity index (χ2n) is 5.85. The predicted molar refractivity (Wildman–Crippen MR) is 77.2 cm³/mol. The summed E-state index contributed by atoms with van der Waals surface area (Å²) in [5.41, 5.74) is -1.44. The lowest BCUT2D eigenvalue weighted by atomic mass is 10.0. The maximum atomic E-state index is 12.7. The first kappa shape index (κ1) is 19.1. The molecule has 1 atom stereocenters. The van der Waals surface area contributed by atoms with Crippen LogP contribution < -0.4 is 10.1 Å². The molecule has 0 spiro atoms. The number of hydrogen-bond acceptors (Lipinski definition) is 4. The van der Waals surface area contributed by atoms with Gasteiger partial charge in [0.15, 0.2) is 0 Å². The molecule has 1 aromatic carbocycles. The molecule has 8 heteroatoms. The predicted octanol–water partition coefficient (Wildman–Crippen LogP) is 3.27. The summed E-state index contributed by atoms with van der Waals surface area (Å²) < 4.78 is 47.9. The molecule has 1 unspecified atom stereocenters. The van der Waals surface area contributed by atoms with Crippen molar-refractivity contribution in [2.45, 2.75) is 38.7 Å². The Hall–Kier alpha value is -1.96. The summed E-state index contributed by atoms with van der Waals surface area (Å²) in [4.78, 5) is 11.5. The SMILES string of the molecule is COc1cc(C(F)(F)F)ccc1C(O)CNC(=O)OC(C)(C)C. The van der Waals surface area contributed by atoms with Gasteiger partial charge in [-0.1, -0.05) is 6.07 Å². The van der Waals surface area contributed by atoms with E-state index >= 15 is 0 Å². The number of alkyl carbamates (subject to hydrolysis) is 1. The Balaban J connectivity index is 2.80. The lowest BCUT2D eigenvalue weighted by Crippen LogP contribution is -2.34. The highest BCUT2D eigenvalue weighted by Gasteiger charge is 2.31. The van der Waals surface area contributed by atoms with Crippen molar-refractivity contribution in [2.75, 3.05) is 13.7 Å². The number of aliphatic hydroxyl groups excluding tert-OH is 1. The summed E-state index contributed by atoms with van der Waals surface area (Å²) in [6.45, 7) is 4.82. The number of carbonyl (C=O) groups is 1. The zero-order valence-corrected chi connectivity index (χ0v) is 13.3. The molecule has 0 aliphatic heterocycles. The zero-order chi connectivity index (χ0) is 17.8. The van der Waals surface area contributed by atoms with Crippen LogP contribution in [0.2, 0.25) is 0 Å². The van der Waals surface area contributed by atoms with Crippen molar-refractivity contribution in [2.24, 2.45) is 0 Å². The van der Waals surface area contributed by atoms with Crippen molar-refractivity contribution < 1.29 is 32.5 Å². The van der Waals surface area contributed by atoms with Crippen LogP contribution in [0.1, 0.15) is 38.0 Å². The van der Waals surface area contributed by atoms with Gasteiger partial charge in [0.05, 0.1) is 25.3 Å². The molecule has 0 aliphatic rings. The van der Waals surface area contributed by atoms with Crippen LogP contribution in [-0.4, -0.2) is 30.5 Å². The Morgan fingerprint density at radius 1 is 1.30 bits per heavy atom. The van der Waals surface area contributed by atoms with E-state index in [1.54, 1.807) is 20.8 Å². The third-order valence-corrected chi connectivity index (χ3v) is 2.76. The number of amides is 1. The number of carbonyl (C=O) groups excluding carboxylic acids is 1. The summed E-state index contributed by atoms with van der Waals surface area (Å²) in [5, 5.41) is 12.4. The molecule has 0 radical (unpaired) electrons. The Morgan fingerprint density at radius 3 is 2.39 bits per heavy atom. The Bertz CT molecular complexity index is 553. The van der Waals surface area contributed by atoms with E-state index in [1.165, 1.54) is 7.11 Å². The van der Waals surface area contributed by atoms with Crippen molar-refractivity contribution in [1.82, 2.24) is 5.32 Å². The van der Waals surface area contributed by atoms with Crippen molar-refractivity contribution in [1.29, 1.82) is 0 Å². The molecule has 5 nitrogen and oxygen atoms in total. The standard InChI is InChI=1S/C15H20F3NO4/c1-14(2,3)23-13(21)19-8-11(20)10-6-5-9(15(16,17)18)7-12(10)22-4/h5-7,11,20H,8H2,1-4H3,(H,19,21). The first-order valence-electron chi connectivity index (χ1n) is 6.84. The van der Waals surface area contributed by atoms with Crippen LogP contribution in [-0.2, 0) is 10.9 Å². The molecule has 1 amide bonds. The number of nitrogens with one attached hydrogen (secondary N) is 1. The molecule has 0 saturated heterocycles. The van der Waals surface area contributed by atoms with E-state index in [0.29, 0.717) is 0 Å². The molecule has 0 aromatic heterocycles. The lowest BCUT2D eigenvalue weighted by Gasteiger charge is -2.21. The number of halogens is 3. The number of ether oxygens (including phenoxy) is 2. The van der Waals surface area contributed by atoms with Gasteiger partial charge in [0.1, 0.15) is 11.4 Å². The molecular formula is C15H20F3NO4.